The molecule has 1 aromatic heterocycles. The molecule has 3 fully saturated rings. The van der Waals surface area contributed by atoms with Gasteiger partial charge in [0.25, 0.3) is 0 Å². The van der Waals surface area contributed by atoms with E-state index in [0.29, 0.717) is 35.0 Å². The Bertz CT molecular complexity index is 1430. The molecule has 0 aliphatic carbocycles. The topological polar surface area (TPSA) is 104 Å². The summed E-state index contributed by atoms with van der Waals surface area (Å²) in [7, 11) is 0. The van der Waals surface area contributed by atoms with E-state index in [1.165, 1.54) is 17.0 Å². The molecule has 2 aromatic carbocycles. The molecule has 3 aliphatic heterocycles. The number of hydrogen-bond acceptors (Lipinski definition) is 6. The number of nitrogens with zero attached hydrogens (tertiary/aromatic N) is 3. The lowest BCUT2D eigenvalue weighted by atomic mass is 9.65. The van der Waals surface area contributed by atoms with Crippen molar-refractivity contribution in [3.63, 3.8) is 0 Å². The van der Waals surface area contributed by atoms with E-state index in [0.717, 1.165) is 5.56 Å². The standard InChI is InChI=1S/C27H22FN3O4/c1-26-20(32)13-27(35-26,11-10-15-4-7-17(28)8-5-15)22-21(26)24(33)31(25(22)34)19-9-6-16(14-29)23-18(19)3-2-12-30-23/h2-9,12,20-22,32H,10-11,13H2,1H3. The van der Waals surface area contributed by atoms with E-state index in [1.807, 2.05) is 0 Å². The molecule has 5 atom stereocenters. The minimum absolute atomic E-state index is 0.244. The van der Waals surface area contributed by atoms with Gasteiger partial charge in [-0.2, -0.15) is 5.26 Å². The maximum absolute atomic E-state index is 13.9. The van der Waals surface area contributed by atoms with E-state index < -0.39 is 35.0 Å². The normalized spacial score (nSPS) is 31.3. The molecular formula is C27H22FN3O4. The average molecular weight is 471 g/mol. The zero-order chi connectivity index (χ0) is 24.5. The fourth-order valence-corrected chi connectivity index (χ4v) is 6.31. The quantitative estimate of drug-likeness (QED) is 0.586. The Kier molecular flexibility index (Phi) is 4.62. The third-order valence-corrected chi connectivity index (χ3v) is 7.97. The first-order chi connectivity index (χ1) is 16.8. The highest BCUT2D eigenvalue weighted by atomic mass is 19.1. The summed E-state index contributed by atoms with van der Waals surface area (Å²) in [6, 6.07) is 14.8. The van der Waals surface area contributed by atoms with Crippen molar-refractivity contribution in [3.05, 3.63) is 71.7 Å². The molecule has 176 valence electrons. The van der Waals surface area contributed by atoms with E-state index >= 15 is 0 Å². The molecule has 0 saturated carbocycles. The van der Waals surface area contributed by atoms with Crippen LogP contribution < -0.4 is 4.90 Å². The van der Waals surface area contributed by atoms with Crippen molar-refractivity contribution in [3.8, 4) is 6.07 Å². The fraction of sp³-hybridized carbons (Fsp3) is 0.333. The van der Waals surface area contributed by atoms with Crippen molar-refractivity contribution in [1.82, 2.24) is 4.98 Å². The summed E-state index contributed by atoms with van der Waals surface area (Å²) in [5.74, 6) is -2.69. The second-order valence-corrected chi connectivity index (χ2v) is 9.81. The molecule has 8 heteroatoms. The van der Waals surface area contributed by atoms with Gasteiger partial charge in [0.2, 0.25) is 11.8 Å². The smallest absolute Gasteiger partial charge is 0.240 e. The lowest BCUT2D eigenvalue weighted by Crippen LogP contribution is -2.49. The summed E-state index contributed by atoms with van der Waals surface area (Å²) >= 11 is 0. The van der Waals surface area contributed by atoms with Crippen molar-refractivity contribution < 1.29 is 23.8 Å². The van der Waals surface area contributed by atoms with Crippen LogP contribution in [0.25, 0.3) is 10.9 Å². The number of anilines is 1. The molecule has 3 aliphatic rings. The second-order valence-electron chi connectivity index (χ2n) is 9.81. The highest BCUT2D eigenvalue weighted by Crippen LogP contribution is 2.62. The summed E-state index contributed by atoms with van der Waals surface area (Å²) in [5.41, 5.74) is -0.159. The largest absolute Gasteiger partial charge is 0.390 e. The Morgan fingerprint density at radius 3 is 2.66 bits per heavy atom. The number of carbonyl (C=O) groups excluding carboxylic acids is 2. The number of imide groups is 1. The van der Waals surface area contributed by atoms with Crippen LogP contribution in [0.15, 0.2) is 54.7 Å². The molecule has 0 spiro atoms. The van der Waals surface area contributed by atoms with Crippen molar-refractivity contribution in [2.45, 2.75) is 43.5 Å². The van der Waals surface area contributed by atoms with Crippen LogP contribution in [-0.4, -0.2) is 39.2 Å². The van der Waals surface area contributed by atoms with Crippen LogP contribution in [0.1, 0.15) is 30.9 Å². The van der Waals surface area contributed by atoms with E-state index in [1.54, 1.807) is 49.5 Å². The monoisotopic (exact) mass is 471 g/mol. The first-order valence-electron chi connectivity index (χ1n) is 11.6. The molecule has 0 radical (unpaired) electrons. The first kappa shape index (κ1) is 21.8. The van der Waals surface area contributed by atoms with Crippen molar-refractivity contribution >= 4 is 28.4 Å². The fourth-order valence-electron chi connectivity index (χ4n) is 6.31. The molecule has 35 heavy (non-hydrogen) atoms. The minimum atomic E-state index is -1.18. The Balaban J connectivity index is 1.41. The zero-order valence-corrected chi connectivity index (χ0v) is 18.9. The van der Waals surface area contributed by atoms with Crippen LogP contribution in [0.4, 0.5) is 10.1 Å². The number of nitriles is 1. The lowest BCUT2D eigenvalue weighted by molar-refractivity contribution is -0.133. The summed E-state index contributed by atoms with van der Waals surface area (Å²) < 4.78 is 19.7. The number of rotatable bonds is 4. The molecule has 4 heterocycles. The number of pyridine rings is 1. The number of aliphatic hydroxyl groups is 1. The summed E-state index contributed by atoms with van der Waals surface area (Å²) in [6.45, 7) is 1.70. The van der Waals surface area contributed by atoms with Gasteiger partial charge in [-0.15, -0.1) is 0 Å². The number of aryl methyl sites for hydroxylation is 1. The molecule has 3 aromatic rings. The van der Waals surface area contributed by atoms with Gasteiger partial charge >= 0.3 is 0 Å². The van der Waals surface area contributed by atoms with Crippen LogP contribution in [0.3, 0.4) is 0 Å². The third-order valence-electron chi connectivity index (χ3n) is 7.97. The first-order valence-corrected chi connectivity index (χ1v) is 11.6. The maximum Gasteiger partial charge on any atom is 0.240 e. The SMILES string of the molecule is CC12OC(CCc3ccc(F)cc3)(CC1O)C1C(=O)N(c3ccc(C#N)c4ncccc34)C(=O)C12. The second kappa shape index (κ2) is 7.41. The third kappa shape index (κ3) is 2.92. The van der Waals surface area contributed by atoms with Crippen LogP contribution in [0, 0.1) is 29.0 Å². The molecule has 7 nitrogen and oxygen atoms in total. The number of aromatic nitrogens is 1. The van der Waals surface area contributed by atoms with Gasteiger partial charge in [-0.3, -0.25) is 14.6 Å². The number of aliphatic hydroxyl groups excluding tert-OH is 1. The van der Waals surface area contributed by atoms with E-state index in [-0.39, 0.29) is 18.1 Å². The Morgan fingerprint density at radius 1 is 1.17 bits per heavy atom. The van der Waals surface area contributed by atoms with Gasteiger partial charge in [0.1, 0.15) is 17.5 Å². The van der Waals surface area contributed by atoms with E-state index in [9.17, 15) is 24.3 Å². The highest BCUT2D eigenvalue weighted by Gasteiger charge is 2.76. The van der Waals surface area contributed by atoms with Crippen molar-refractivity contribution in [1.29, 1.82) is 5.26 Å². The zero-order valence-electron chi connectivity index (χ0n) is 18.9. The summed E-state index contributed by atoms with van der Waals surface area (Å²) in [5, 5.41) is 20.9. The number of benzene rings is 2. The van der Waals surface area contributed by atoms with Crippen LogP contribution in [0.2, 0.25) is 0 Å². The van der Waals surface area contributed by atoms with Gasteiger partial charge < -0.3 is 9.84 Å². The molecule has 5 unspecified atom stereocenters. The van der Waals surface area contributed by atoms with Crippen molar-refractivity contribution in [2.75, 3.05) is 4.90 Å². The molecule has 2 amide bonds. The number of hydrogen-bond donors (Lipinski definition) is 1. The number of fused-ring (bicyclic) bond motifs is 6. The number of carbonyl (C=O) groups is 2. The minimum Gasteiger partial charge on any atom is -0.390 e. The van der Waals surface area contributed by atoms with Crippen molar-refractivity contribution in [2.24, 2.45) is 11.8 Å². The lowest BCUT2D eigenvalue weighted by Gasteiger charge is -2.33. The molecule has 2 bridgehead atoms. The molecule has 1 N–H and O–H groups in total. The molecule has 6 rings (SSSR count). The van der Waals surface area contributed by atoms with Gasteiger partial charge in [-0.1, -0.05) is 12.1 Å². The maximum atomic E-state index is 13.9. The van der Waals surface area contributed by atoms with Gasteiger partial charge in [0.15, 0.2) is 0 Å². The van der Waals surface area contributed by atoms with E-state index in [4.69, 9.17) is 4.74 Å². The summed E-state index contributed by atoms with van der Waals surface area (Å²) in [6.07, 6.45) is 1.83. The Morgan fingerprint density at radius 2 is 1.91 bits per heavy atom. The molecule has 3 saturated heterocycles. The summed E-state index contributed by atoms with van der Waals surface area (Å²) in [4.78, 5) is 33.2. The van der Waals surface area contributed by atoms with Gasteiger partial charge in [-0.25, -0.2) is 9.29 Å². The predicted molar refractivity (Wildman–Crippen MR) is 123 cm³/mol. The predicted octanol–water partition coefficient (Wildman–Crippen LogP) is 3.28. The highest BCUT2D eigenvalue weighted by molar-refractivity contribution is 6.26. The van der Waals surface area contributed by atoms with Crippen LogP contribution >= 0.6 is 0 Å². The Hall–Kier alpha value is -3.67. The van der Waals surface area contributed by atoms with Gasteiger partial charge in [0, 0.05) is 18.0 Å². The van der Waals surface area contributed by atoms with Crippen LogP contribution in [0.5, 0.6) is 0 Å². The average Bonchev–Trinajstić information content (AvgIpc) is 3.39. The Labute approximate surface area is 200 Å². The van der Waals surface area contributed by atoms with Gasteiger partial charge in [-0.05, 0) is 61.7 Å². The van der Waals surface area contributed by atoms with Crippen LogP contribution in [-0.2, 0) is 20.7 Å². The van der Waals surface area contributed by atoms with Gasteiger partial charge in [0.05, 0.1) is 40.3 Å². The number of amides is 2. The molecular weight excluding hydrogens is 449 g/mol. The van der Waals surface area contributed by atoms with E-state index in [2.05, 4.69) is 11.1 Å². The number of halogens is 1. The number of ether oxygens (including phenoxy) is 1.